The summed E-state index contributed by atoms with van der Waals surface area (Å²) in [6.07, 6.45) is 4.63. The minimum atomic E-state index is -0.0558. The molecule has 1 amide bonds. The largest absolute Gasteiger partial charge is 0.454 e. The zero-order valence-corrected chi connectivity index (χ0v) is 18.3. The van der Waals surface area contributed by atoms with E-state index in [2.05, 4.69) is 31.6 Å². The summed E-state index contributed by atoms with van der Waals surface area (Å²) in [6.45, 7) is 8.06. The highest BCUT2D eigenvalue weighted by Gasteiger charge is 2.23. The smallest absolute Gasteiger partial charge is 0.246 e. The van der Waals surface area contributed by atoms with Gasteiger partial charge in [0.2, 0.25) is 5.91 Å². The zero-order chi connectivity index (χ0) is 22.2. The highest BCUT2D eigenvalue weighted by molar-refractivity contribution is 6.31. The highest BCUT2D eigenvalue weighted by atomic mass is 35.5. The number of aromatic amines is 1. The molecule has 3 heterocycles. The van der Waals surface area contributed by atoms with E-state index in [1.165, 1.54) is 12.4 Å². The van der Waals surface area contributed by atoms with Gasteiger partial charge in [-0.3, -0.25) is 9.89 Å². The number of nitrogens with one attached hydrogen (secondary N) is 1. The molecule has 0 radical (unpaired) electrons. The normalized spacial score (nSPS) is 14.2. The van der Waals surface area contributed by atoms with E-state index in [1.807, 2.05) is 25.1 Å². The van der Waals surface area contributed by atoms with Crippen LogP contribution in [0.4, 0.5) is 5.82 Å². The van der Waals surface area contributed by atoms with Crippen LogP contribution in [0.15, 0.2) is 49.4 Å². The molecule has 1 aliphatic heterocycles. The second-order valence-corrected chi connectivity index (χ2v) is 8.10. The van der Waals surface area contributed by atoms with E-state index in [0.29, 0.717) is 48.2 Å². The molecular formula is C23H21ClN6O2. The van der Waals surface area contributed by atoms with Crippen LogP contribution in [0.3, 0.4) is 0 Å². The van der Waals surface area contributed by atoms with Crippen molar-refractivity contribution in [1.82, 2.24) is 25.1 Å². The molecule has 2 aromatic heterocycles. The van der Waals surface area contributed by atoms with Gasteiger partial charge in [-0.2, -0.15) is 5.10 Å². The molecule has 9 heteroatoms. The fourth-order valence-corrected chi connectivity index (χ4v) is 4.24. The van der Waals surface area contributed by atoms with Crippen LogP contribution in [0.2, 0.25) is 5.02 Å². The van der Waals surface area contributed by atoms with Crippen LogP contribution in [-0.2, 0) is 4.79 Å². The van der Waals surface area contributed by atoms with Gasteiger partial charge in [0.1, 0.15) is 23.4 Å². The summed E-state index contributed by atoms with van der Waals surface area (Å²) in [5.41, 5.74) is 2.53. The van der Waals surface area contributed by atoms with Crippen LogP contribution in [0, 0.1) is 6.92 Å². The first-order valence-corrected chi connectivity index (χ1v) is 10.6. The second kappa shape index (κ2) is 8.12. The van der Waals surface area contributed by atoms with Gasteiger partial charge in [0.05, 0.1) is 17.1 Å². The van der Waals surface area contributed by atoms with Crippen molar-refractivity contribution in [2.75, 3.05) is 31.1 Å². The quantitative estimate of drug-likeness (QED) is 0.473. The Hall–Kier alpha value is -3.65. The van der Waals surface area contributed by atoms with E-state index in [4.69, 9.17) is 16.3 Å². The van der Waals surface area contributed by atoms with Gasteiger partial charge in [-0.25, -0.2) is 9.97 Å². The predicted octanol–water partition coefficient (Wildman–Crippen LogP) is 4.09. The van der Waals surface area contributed by atoms with Crippen LogP contribution in [-0.4, -0.2) is 57.2 Å². The Kier molecular flexibility index (Phi) is 5.14. The monoisotopic (exact) mass is 448 g/mol. The van der Waals surface area contributed by atoms with E-state index in [0.717, 1.165) is 27.7 Å². The first-order chi connectivity index (χ1) is 15.5. The van der Waals surface area contributed by atoms with Gasteiger partial charge in [-0.15, -0.1) is 0 Å². The molecule has 8 nitrogen and oxygen atoms in total. The van der Waals surface area contributed by atoms with Crippen molar-refractivity contribution in [2.24, 2.45) is 0 Å². The topological polar surface area (TPSA) is 87.2 Å². The maximum absolute atomic E-state index is 11.9. The standard InChI is InChI=1S/C23H21ClN6O2/c1-3-20(31)29-6-8-30(9-7-29)23-16-10-15(24)11-19(21(16)25-13-26-23)32-22-14(2)4-5-18-17(22)12-27-28-18/h3-5,10-13H,1,6-9H2,2H3,(H,27,28). The number of aryl methyl sites for hydroxylation is 1. The first kappa shape index (κ1) is 20.3. The van der Waals surface area contributed by atoms with Gasteiger partial charge in [0.25, 0.3) is 0 Å². The molecule has 2 aromatic carbocycles. The van der Waals surface area contributed by atoms with E-state index in [9.17, 15) is 4.79 Å². The van der Waals surface area contributed by atoms with Crippen LogP contribution in [0.25, 0.3) is 21.8 Å². The van der Waals surface area contributed by atoms with E-state index < -0.39 is 0 Å². The number of rotatable bonds is 4. The van der Waals surface area contributed by atoms with Crippen molar-refractivity contribution in [3.8, 4) is 11.5 Å². The van der Waals surface area contributed by atoms with Gasteiger partial charge in [-0.05, 0) is 30.7 Å². The molecule has 162 valence electrons. The number of benzene rings is 2. The molecule has 0 atom stereocenters. The van der Waals surface area contributed by atoms with Crippen molar-refractivity contribution in [2.45, 2.75) is 6.92 Å². The lowest BCUT2D eigenvalue weighted by atomic mass is 10.1. The lowest BCUT2D eigenvalue weighted by Crippen LogP contribution is -2.48. The molecule has 0 unspecified atom stereocenters. The fraction of sp³-hybridized carbons (Fsp3) is 0.217. The van der Waals surface area contributed by atoms with Crippen molar-refractivity contribution >= 4 is 45.1 Å². The zero-order valence-electron chi connectivity index (χ0n) is 17.5. The first-order valence-electron chi connectivity index (χ1n) is 10.3. The van der Waals surface area contributed by atoms with Crippen molar-refractivity contribution in [3.63, 3.8) is 0 Å². The third-order valence-electron chi connectivity index (χ3n) is 5.70. The number of hydrogen-bond donors (Lipinski definition) is 1. The minimum absolute atomic E-state index is 0.0558. The SMILES string of the molecule is C=CC(=O)N1CCN(c2ncnc3c(Oc4c(C)ccc5[nH]ncc45)cc(Cl)cc23)CC1. The maximum Gasteiger partial charge on any atom is 0.246 e. The molecule has 0 spiro atoms. The maximum atomic E-state index is 11.9. The Morgan fingerprint density at radius 2 is 2.00 bits per heavy atom. The minimum Gasteiger partial charge on any atom is -0.454 e. The number of H-pyrrole nitrogens is 1. The number of amides is 1. The molecule has 0 bridgehead atoms. The summed E-state index contributed by atoms with van der Waals surface area (Å²) in [4.78, 5) is 24.9. The number of nitrogens with zero attached hydrogens (tertiary/aromatic N) is 5. The van der Waals surface area contributed by atoms with Crippen molar-refractivity contribution in [3.05, 3.63) is 60.0 Å². The number of piperazine rings is 1. The lowest BCUT2D eigenvalue weighted by molar-refractivity contribution is -0.126. The number of carbonyl (C=O) groups is 1. The number of aromatic nitrogens is 4. The average Bonchev–Trinajstić information content (AvgIpc) is 3.29. The summed E-state index contributed by atoms with van der Waals surface area (Å²) >= 11 is 6.48. The number of hydrogen-bond acceptors (Lipinski definition) is 6. The number of carbonyl (C=O) groups excluding carboxylic acids is 1. The molecule has 4 aromatic rings. The Labute approximate surface area is 189 Å². The Morgan fingerprint density at radius 3 is 2.78 bits per heavy atom. The molecule has 1 N–H and O–H groups in total. The van der Waals surface area contributed by atoms with Gasteiger partial charge in [-0.1, -0.05) is 24.2 Å². The van der Waals surface area contributed by atoms with Crippen molar-refractivity contribution < 1.29 is 9.53 Å². The van der Waals surface area contributed by atoms with Gasteiger partial charge in [0.15, 0.2) is 5.75 Å². The number of halogens is 1. The van der Waals surface area contributed by atoms with Gasteiger partial charge in [0, 0.05) is 42.7 Å². The molecule has 5 rings (SSSR count). The Bertz CT molecular complexity index is 1340. The molecule has 1 aliphatic rings. The van der Waals surface area contributed by atoms with Gasteiger partial charge < -0.3 is 14.5 Å². The van der Waals surface area contributed by atoms with Crippen LogP contribution < -0.4 is 9.64 Å². The third-order valence-corrected chi connectivity index (χ3v) is 5.91. The number of fused-ring (bicyclic) bond motifs is 2. The number of anilines is 1. The van der Waals surface area contributed by atoms with E-state index >= 15 is 0 Å². The average molecular weight is 449 g/mol. The van der Waals surface area contributed by atoms with E-state index in [1.54, 1.807) is 17.2 Å². The van der Waals surface area contributed by atoms with Gasteiger partial charge >= 0.3 is 0 Å². The number of ether oxygens (including phenoxy) is 1. The Balaban J connectivity index is 1.54. The van der Waals surface area contributed by atoms with E-state index in [-0.39, 0.29) is 5.91 Å². The fourth-order valence-electron chi connectivity index (χ4n) is 4.03. The highest BCUT2D eigenvalue weighted by Crippen LogP contribution is 2.38. The lowest BCUT2D eigenvalue weighted by Gasteiger charge is -2.35. The molecule has 0 aliphatic carbocycles. The van der Waals surface area contributed by atoms with Crippen LogP contribution in [0.1, 0.15) is 5.56 Å². The molecule has 32 heavy (non-hydrogen) atoms. The van der Waals surface area contributed by atoms with Crippen LogP contribution in [0.5, 0.6) is 11.5 Å². The molecule has 1 fully saturated rings. The molecule has 0 saturated carbocycles. The summed E-state index contributed by atoms with van der Waals surface area (Å²) in [5, 5.41) is 9.31. The second-order valence-electron chi connectivity index (χ2n) is 7.66. The summed E-state index contributed by atoms with van der Waals surface area (Å²) < 4.78 is 6.36. The predicted molar refractivity (Wildman–Crippen MR) is 124 cm³/mol. The summed E-state index contributed by atoms with van der Waals surface area (Å²) in [6, 6.07) is 7.57. The molecular weight excluding hydrogens is 428 g/mol. The Morgan fingerprint density at radius 1 is 1.19 bits per heavy atom. The molecule has 1 saturated heterocycles. The summed E-state index contributed by atoms with van der Waals surface area (Å²) in [5.74, 6) is 1.97. The van der Waals surface area contributed by atoms with Crippen molar-refractivity contribution in [1.29, 1.82) is 0 Å². The van der Waals surface area contributed by atoms with Crippen LogP contribution >= 0.6 is 11.6 Å². The third kappa shape index (κ3) is 3.52. The summed E-state index contributed by atoms with van der Waals surface area (Å²) in [7, 11) is 0.